The molecule has 4 N–H and O–H groups in total. The van der Waals surface area contributed by atoms with E-state index in [2.05, 4.69) is 10.6 Å². The van der Waals surface area contributed by atoms with E-state index >= 15 is 0 Å². The van der Waals surface area contributed by atoms with E-state index in [0.29, 0.717) is 23.5 Å². The second-order valence-electron chi connectivity index (χ2n) is 5.78. The number of hydrogen-bond acceptors (Lipinski definition) is 3. The third-order valence-electron chi connectivity index (χ3n) is 3.71. The van der Waals surface area contributed by atoms with Crippen molar-refractivity contribution in [2.24, 2.45) is 0 Å². The molecule has 0 radical (unpaired) electrons. The van der Waals surface area contributed by atoms with Crippen molar-refractivity contribution in [1.29, 1.82) is 0 Å². The number of carbonyl (C=O) groups is 2. The van der Waals surface area contributed by atoms with Crippen molar-refractivity contribution >= 4 is 17.5 Å². The summed E-state index contributed by atoms with van der Waals surface area (Å²) in [5.74, 6) is -0.370. The fraction of sp³-hybridized carbons (Fsp3) is 0.571. The molecule has 0 saturated heterocycles. The average molecular weight is 276 g/mol. The van der Waals surface area contributed by atoms with Crippen molar-refractivity contribution in [2.45, 2.75) is 50.7 Å². The second kappa shape index (κ2) is 4.85. The molecule has 0 aromatic carbocycles. The normalized spacial score (nSPS) is 19.4. The Balaban J connectivity index is 1.64. The van der Waals surface area contributed by atoms with Gasteiger partial charge in [0.25, 0.3) is 5.91 Å². The Kier molecular flexibility index (Phi) is 3.16. The van der Waals surface area contributed by atoms with E-state index in [1.165, 1.54) is 0 Å². The van der Waals surface area contributed by atoms with Gasteiger partial charge in [-0.15, -0.1) is 0 Å². The lowest BCUT2D eigenvalue weighted by molar-refractivity contribution is -0.122. The average Bonchev–Trinajstić information content (AvgIpc) is 3.29. The third-order valence-corrected chi connectivity index (χ3v) is 3.71. The molecule has 1 atom stereocenters. The Morgan fingerprint density at radius 2 is 2.05 bits per heavy atom. The number of nitrogens with zero attached hydrogens (tertiary/aromatic N) is 1. The molecule has 3 rings (SSSR count). The van der Waals surface area contributed by atoms with Crippen LogP contribution in [0.2, 0.25) is 0 Å². The van der Waals surface area contributed by atoms with Gasteiger partial charge in [-0.3, -0.25) is 9.59 Å². The number of amides is 2. The Bertz CT molecular complexity index is 543. The number of hydrogen-bond donors (Lipinski definition) is 3. The predicted molar refractivity (Wildman–Crippen MR) is 75.2 cm³/mol. The van der Waals surface area contributed by atoms with Crippen molar-refractivity contribution in [1.82, 2.24) is 15.2 Å². The first-order valence-electron chi connectivity index (χ1n) is 7.13. The van der Waals surface area contributed by atoms with Gasteiger partial charge in [0, 0.05) is 18.3 Å². The van der Waals surface area contributed by atoms with Crippen LogP contribution in [0.1, 0.15) is 49.1 Å². The number of nitrogens with one attached hydrogen (secondary N) is 2. The third kappa shape index (κ3) is 2.79. The second-order valence-corrected chi connectivity index (χ2v) is 5.78. The number of nitrogens with two attached hydrogens (primary N) is 1. The van der Waals surface area contributed by atoms with E-state index in [1.54, 1.807) is 19.2 Å². The molecule has 20 heavy (non-hydrogen) atoms. The van der Waals surface area contributed by atoms with Crippen LogP contribution < -0.4 is 16.4 Å². The lowest BCUT2D eigenvalue weighted by Gasteiger charge is -2.14. The topological polar surface area (TPSA) is 89.2 Å². The van der Waals surface area contributed by atoms with Gasteiger partial charge in [0.1, 0.15) is 11.7 Å². The Hall–Kier alpha value is -1.98. The number of anilines is 1. The van der Waals surface area contributed by atoms with Crippen LogP contribution in [0, 0.1) is 0 Å². The predicted octanol–water partition coefficient (Wildman–Crippen LogP) is 0.802. The number of carbonyl (C=O) groups excluding carboxylic acids is 2. The molecular formula is C14H20N4O2. The minimum atomic E-state index is -0.535. The van der Waals surface area contributed by atoms with Crippen molar-refractivity contribution in [2.75, 3.05) is 5.73 Å². The SMILES string of the molecule is CC(NC(=O)c1cc(N)cn1C1CC1)C(=O)NC1CC1. The van der Waals surface area contributed by atoms with Gasteiger partial charge in [0.2, 0.25) is 5.91 Å². The molecule has 0 spiro atoms. The van der Waals surface area contributed by atoms with E-state index in [0.717, 1.165) is 25.7 Å². The minimum Gasteiger partial charge on any atom is -0.397 e. The van der Waals surface area contributed by atoms with Crippen molar-refractivity contribution in [3.05, 3.63) is 18.0 Å². The van der Waals surface area contributed by atoms with Gasteiger partial charge in [0.05, 0.1) is 5.69 Å². The number of rotatable bonds is 5. The van der Waals surface area contributed by atoms with Gasteiger partial charge < -0.3 is 20.9 Å². The van der Waals surface area contributed by atoms with E-state index in [4.69, 9.17) is 5.73 Å². The van der Waals surface area contributed by atoms with Crippen LogP contribution in [-0.2, 0) is 4.79 Å². The highest BCUT2D eigenvalue weighted by atomic mass is 16.2. The molecule has 6 nitrogen and oxygen atoms in total. The first-order valence-corrected chi connectivity index (χ1v) is 7.13. The maximum atomic E-state index is 12.3. The van der Waals surface area contributed by atoms with Crippen LogP contribution in [0.5, 0.6) is 0 Å². The quantitative estimate of drug-likeness (QED) is 0.743. The van der Waals surface area contributed by atoms with Gasteiger partial charge in [0.15, 0.2) is 0 Å². The van der Waals surface area contributed by atoms with Crippen molar-refractivity contribution in [3.63, 3.8) is 0 Å². The fourth-order valence-corrected chi connectivity index (χ4v) is 2.23. The molecule has 2 aliphatic rings. The molecule has 0 bridgehead atoms. The summed E-state index contributed by atoms with van der Waals surface area (Å²) in [4.78, 5) is 24.1. The molecular weight excluding hydrogens is 256 g/mol. The molecule has 1 aromatic heterocycles. The summed E-state index contributed by atoms with van der Waals surface area (Å²) in [5, 5.41) is 5.62. The summed E-state index contributed by atoms with van der Waals surface area (Å²) in [5.41, 5.74) is 6.89. The molecule has 0 aliphatic heterocycles. The van der Waals surface area contributed by atoms with E-state index in [-0.39, 0.29) is 11.8 Å². The molecule has 1 aromatic rings. The van der Waals surface area contributed by atoms with Gasteiger partial charge >= 0.3 is 0 Å². The number of nitrogen functional groups attached to an aromatic ring is 1. The molecule has 2 saturated carbocycles. The van der Waals surface area contributed by atoms with E-state index in [1.807, 2.05) is 4.57 Å². The van der Waals surface area contributed by atoms with Crippen LogP contribution in [0.3, 0.4) is 0 Å². The van der Waals surface area contributed by atoms with Gasteiger partial charge in [-0.2, -0.15) is 0 Å². The van der Waals surface area contributed by atoms with Crippen molar-refractivity contribution in [3.8, 4) is 0 Å². The molecule has 1 unspecified atom stereocenters. The lowest BCUT2D eigenvalue weighted by atomic mass is 10.3. The summed E-state index contributed by atoms with van der Waals surface area (Å²) < 4.78 is 1.91. The maximum absolute atomic E-state index is 12.3. The smallest absolute Gasteiger partial charge is 0.268 e. The van der Waals surface area contributed by atoms with Crippen LogP contribution in [0.15, 0.2) is 12.3 Å². The van der Waals surface area contributed by atoms with Gasteiger partial charge in [-0.05, 0) is 38.7 Å². The Labute approximate surface area is 117 Å². The minimum absolute atomic E-state index is 0.127. The summed E-state index contributed by atoms with van der Waals surface area (Å²) in [6.07, 6.45) is 6.01. The zero-order valence-electron chi connectivity index (χ0n) is 11.6. The first-order chi connectivity index (χ1) is 9.54. The zero-order valence-corrected chi connectivity index (χ0v) is 11.6. The van der Waals surface area contributed by atoms with Crippen molar-refractivity contribution < 1.29 is 9.59 Å². The summed E-state index contributed by atoms with van der Waals surface area (Å²) in [6.45, 7) is 1.70. The molecule has 2 aliphatic carbocycles. The van der Waals surface area contributed by atoms with Gasteiger partial charge in [-0.1, -0.05) is 0 Å². The monoisotopic (exact) mass is 276 g/mol. The maximum Gasteiger partial charge on any atom is 0.268 e. The van der Waals surface area contributed by atoms with Crippen LogP contribution >= 0.6 is 0 Å². The van der Waals surface area contributed by atoms with Gasteiger partial charge in [-0.25, -0.2) is 0 Å². The molecule has 6 heteroatoms. The first kappa shape index (κ1) is 13.0. The summed E-state index contributed by atoms with van der Waals surface area (Å²) in [6, 6.07) is 1.81. The summed E-state index contributed by atoms with van der Waals surface area (Å²) in [7, 11) is 0. The highest BCUT2D eigenvalue weighted by Crippen LogP contribution is 2.37. The molecule has 2 fully saturated rings. The highest BCUT2D eigenvalue weighted by molar-refractivity contribution is 5.97. The Morgan fingerprint density at radius 1 is 1.35 bits per heavy atom. The van der Waals surface area contributed by atoms with Crippen LogP contribution in [-0.4, -0.2) is 28.5 Å². The van der Waals surface area contributed by atoms with E-state index in [9.17, 15) is 9.59 Å². The zero-order chi connectivity index (χ0) is 14.3. The summed E-state index contributed by atoms with van der Waals surface area (Å²) >= 11 is 0. The standard InChI is InChI=1S/C14H20N4O2/c1-8(13(19)17-10-2-3-10)16-14(20)12-6-9(15)7-18(12)11-4-5-11/h6-8,10-11H,2-5,15H2,1H3,(H,16,20)(H,17,19). The number of aromatic nitrogens is 1. The Morgan fingerprint density at radius 3 is 2.65 bits per heavy atom. The fourth-order valence-electron chi connectivity index (χ4n) is 2.23. The molecule has 1 heterocycles. The molecule has 2 amide bonds. The lowest BCUT2D eigenvalue weighted by Crippen LogP contribution is -2.45. The highest BCUT2D eigenvalue weighted by Gasteiger charge is 2.30. The molecule has 108 valence electrons. The van der Waals surface area contributed by atoms with E-state index < -0.39 is 6.04 Å². The van der Waals surface area contributed by atoms with Crippen LogP contribution in [0.25, 0.3) is 0 Å². The van der Waals surface area contributed by atoms with Crippen LogP contribution in [0.4, 0.5) is 5.69 Å². The largest absolute Gasteiger partial charge is 0.397 e.